The summed E-state index contributed by atoms with van der Waals surface area (Å²) >= 11 is 0. The second kappa shape index (κ2) is 9.45. The molecule has 0 fully saturated rings. The van der Waals surface area contributed by atoms with Gasteiger partial charge in [-0.15, -0.1) is 24.0 Å². The van der Waals surface area contributed by atoms with E-state index in [0.717, 1.165) is 17.9 Å². The fourth-order valence-electron chi connectivity index (χ4n) is 1.90. The van der Waals surface area contributed by atoms with Crippen molar-refractivity contribution in [2.75, 3.05) is 6.54 Å². The Hall–Kier alpha value is -1.57. The summed E-state index contributed by atoms with van der Waals surface area (Å²) in [6, 6.07) is 8.79. The molecule has 1 aromatic heterocycles. The molecule has 2 aromatic rings. The molecule has 1 heterocycles. The Morgan fingerprint density at radius 2 is 2.09 bits per heavy atom. The molecule has 0 saturated carbocycles. The highest BCUT2D eigenvalue weighted by Gasteiger charge is 2.01. The summed E-state index contributed by atoms with van der Waals surface area (Å²) in [5, 5.41) is 6.35. The van der Waals surface area contributed by atoms with Crippen LogP contribution in [0.3, 0.4) is 0 Å². The van der Waals surface area contributed by atoms with Crippen molar-refractivity contribution in [3.8, 4) is 0 Å². The lowest BCUT2D eigenvalue weighted by molar-refractivity contribution is 0.501. The van der Waals surface area contributed by atoms with E-state index in [1.807, 2.05) is 25.1 Å². The normalized spacial score (nSPS) is 11.0. The SMILES string of the molecule is CCNC(=NCc1ccc(F)c(C)c1)NCc1ccco1.I. The maximum atomic E-state index is 13.2. The Bertz CT molecular complexity index is 599. The van der Waals surface area contributed by atoms with Gasteiger partial charge in [0.25, 0.3) is 0 Å². The summed E-state index contributed by atoms with van der Waals surface area (Å²) in [6.07, 6.45) is 1.64. The third-order valence-corrected chi connectivity index (χ3v) is 3.00. The van der Waals surface area contributed by atoms with Gasteiger partial charge in [0.2, 0.25) is 0 Å². The smallest absolute Gasteiger partial charge is 0.191 e. The lowest BCUT2D eigenvalue weighted by atomic mass is 10.1. The molecule has 0 saturated heterocycles. The largest absolute Gasteiger partial charge is 0.467 e. The zero-order chi connectivity index (χ0) is 15.1. The summed E-state index contributed by atoms with van der Waals surface area (Å²) in [5.74, 6) is 1.36. The number of aliphatic imine (C=N–C) groups is 1. The molecule has 6 heteroatoms. The fourth-order valence-corrected chi connectivity index (χ4v) is 1.90. The zero-order valence-corrected chi connectivity index (χ0v) is 15.1. The first-order valence-electron chi connectivity index (χ1n) is 6.98. The Kier molecular flexibility index (Phi) is 7.94. The highest BCUT2D eigenvalue weighted by molar-refractivity contribution is 14.0. The molecule has 4 nitrogen and oxygen atoms in total. The summed E-state index contributed by atoms with van der Waals surface area (Å²) < 4.78 is 18.5. The summed E-state index contributed by atoms with van der Waals surface area (Å²) in [7, 11) is 0. The number of hydrogen-bond acceptors (Lipinski definition) is 2. The number of guanidine groups is 1. The van der Waals surface area contributed by atoms with Crippen LogP contribution in [0.4, 0.5) is 4.39 Å². The number of furan rings is 1. The second-order valence-corrected chi connectivity index (χ2v) is 4.71. The summed E-state index contributed by atoms with van der Waals surface area (Å²) in [5.41, 5.74) is 1.61. The minimum absolute atomic E-state index is 0. The number of rotatable bonds is 5. The lowest BCUT2D eigenvalue weighted by Gasteiger charge is -2.10. The van der Waals surface area contributed by atoms with Crippen molar-refractivity contribution in [2.45, 2.75) is 26.9 Å². The number of benzene rings is 1. The minimum Gasteiger partial charge on any atom is -0.467 e. The van der Waals surface area contributed by atoms with Crippen molar-refractivity contribution in [1.82, 2.24) is 10.6 Å². The van der Waals surface area contributed by atoms with E-state index >= 15 is 0 Å². The number of halogens is 2. The molecule has 2 rings (SSSR count). The van der Waals surface area contributed by atoms with Crippen molar-refractivity contribution in [3.05, 3.63) is 59.3 Å². The molecule has 120 valence electrons. The number of nitrogens with zero attached hydrogens (tertiary/aromatic N) is 1. The van der Waals surface area contributed by atoms with E-state index in [1.165, 1.54) is 6.07 Å². The quantitative estimate of drug-likeness (QED) is 0.444. The first-order chi connectivity index (χ1) is 10.2. The molecule has 0 aliphatic rings. The Morgan fingerprint density at radius 3 is 2.73 bits per heavy atom. The van der Waals surface area contributed by atoms with Crippen molar-refractivity contribution in [1.29, 1.82) is 0 Å². The van der Waals surface area contributed by atoms with Gasteiger partial charge in [0, 0.05) is 6.54 Å². The Labute approximate surface area is 147 Å². The van der Waals surface area contributed by atoms with Crippen molar-refractivity contribution >= 4 is 29.9 Å². The predicted octanol–water partition coefficient (Wildman–Crippen LogP) is 3.60. The van der Waals surface area contributed by atoms with E-state index < -0.39 is 0 Å². The highest BCUT2D eigenvalue weighted by Crippen LogP contribution is 2.10. The molecule has 1 aromatic carbocycles. The van der Waals surface area contributed by atoms with Crippen molar-refractivity contribution in [2.24, 2.45) is 4.99 Å². The zero-order valence-electron chi connectivity index (χ0n) is 12.7. The second-order valence-electron chi connectivity index (χ2n) is 4.71. The van der Waals surface area contributed by atoms with E-state index in [1.54, 1.807) is 19.3 Å². The van der Waals surface area contributed by atoms with Crippen LogP contribution >= 0.6 is 24.0 Å². The standard InChI is InChI=1S/C16H20FN3O.HI/c1-3-18-16(20-11-14-5-4-8-21-14)19-10-13-6-7-15(17)12(2)9-13;/h4-9H,3,10-11H2,1-2H3,(H2,18,19,20);1H. The minimum atomic E-state index is -0.189. The summed E-state index contributed by atoms with van der Waals surface area (Å²) in [4.78, 5) is 4.48. The van der Waals surface area contributed by atoms with Gasteiger partial charge in [-0.3, -0.25) is 0 Å². The third-order valence-electron chi connectivity index (χ3n) is 3.00. The first kappa shape index (κ1) is 18.5. The van der Waals surface area contributed by atoms with Gasteiger partial charge >= 0.3 is 0 Å². The van der Waals surface area contributed by atoms with Gasteiger partial charge in [0.05, 0.1) is 19.4 Å². The van der Waals surface area contributed by atoms with Crippen LogP contribution in [0, 0.1) is 12.7 Å². The molecule has 0 spiro atoms. The monoisotopic (exact) mass is 417 g/mol. The predicted molar refractivity (Wildman–Crippen MR) is 96.9 cm³/mol. The van der Waals surface area contributed by atoms with Crippen LogP contribution in [0.5, 0.6) is 0 Å². The van der Waals surface area contributed by atoms with Crippen LogP contribution in [0.25, 0.3) is 0 Å². The molecule has 0 atom stereocenters. The molecule has 0 unspecified atom stereocenters. The fraction of sp³-hybridized carbons (Fsp3) is 0.312. The molecular weight excluding hydrogens is 396 g/mol. The van der Waals surface area contributed by atoms with Crippen LogP contribution < -0.4 is 10.6 Å². The third kappa shape index (κ3) is 5.67. The maximum Gasteiger partial charge on any atom is 0.191 e. The topological polar surface area (TPSA) is 49.6 Å². The molecule has 0 aliphatic heterocycles. The van der Waals surface area contributed by atoms with E-state index in [0.29, 0.717) is 24.6 Å². The van der Waals surface area contributed by atoms with Crippen LogP contribution in [0.2, 0.25) is 0 Å². The summed E-state index contributed by atoms with van der Waals surface area (Å²) in [6.45, 7) is 5.59. The Morgan fingerprint density at radius 1 is 1.27 bits per heavy atom. The highest BCUT2D eigenvalue weighted by atomic mass is 127. The molecule has 0 amide bonds. The van der Waals surface area contributed by atoms with E-state index in [9.17, 15) is 4.39 Å². The lowest BCUT2D eigenvalue weighted by Crippen LogP contribution is -2.36. The van der Waals surface area contributed by atoms with Gasteiger partial charge < -0.3 is 15.1 Å². The van der Waals surface area contributed by atoms with Crippen LogP contribution in [0.15, 0.2) is 46.0 Å². The van der Waals surface area contributed by atoms with Crippen molar-refractivity contribution in [3.63, 3.8) is 0 Å². The Balaban J connectivity index is 0.00000242. The van der Waals surface area contributed by atoms with E-state index in [2.05, 4.69) is 15.6 Å². The molecular formula is C16H21FIN3O. The average Bonchev–Trinajstić information content (AvgIpc) is 2.99. The molecule has 0 bridgehead atoms. The number of hydrogen-bond donors (Lipinski definition) is 2. The van der Waals surface area contributed by atoms with Crippen molar-refractivity contribution < 1.29 is 8.81 Å². The average molecular weight is 417 g/mol. The van der Waals surface area contributed by atoms with Gasteiger partial charge in [-0.25, -0.2) is 9.38 Å². The number of aryl methyl sites for hydroxylation is 1. The maximum absolute atomic E-state index is 13.2. The van der Waals surface area contributed by atoms with Gasteiger partial charge in [-0.1, -0.05) is 12.1 Å². The van der Waals surface area contributed by atoms with Gasteiger partial charge in [-0.05, 0) is 43.2 Å². The van der Waals surface area contributed by atoms with E-state index in [4.69, 9.17) is 4.42 Å². The van der Waals surface area contributed by atoms with Gasteiger partial charge in [0.1, 0.15) is 11.6 Å². The van der Waals surface area contributed by atoms with Gasteiger partial charge in [0.15, 0.2) is 5.96 Å². The molecule has 0 radical (unpaired) electrons. The van der Waals surface area contributed by atoms with Gasteiger partial charge in [-0.2, -0.15) is 0 Å². The van der Waals surface area contributed by atoms with E-state index in [-0.39, 0.29) is 29.8 Å². The first-order valence-corrected chi connectivity index (χ1v) is 6.98. The molecule has 0 aliphatic carbocycles. The van der Waals surface area contributed by atoms with Crippen LogP contribution in [0.1, 0.15) is 23.8 Å². The number of nitrogens with one attached hydrogen (secondary N) is 2. The van der Waals surface area contributed by atoms with Crippen LogP contribution in [-0.4, -0.2) is 12.5 Å². The van der Waals surface area contributed by atoms with Crippen LogP contribution in [-0.2, 0) is 13.1 Å². The molecule has 22 heavy (non-hydrogen) atoms. The molecule has 2 N–H and O–H groups in total.